The fourth-order valence-corrected chi connectivity index (χ4v) is 1.51. The number of amides is 1. The molecule has 0 saturated heterocycles. The summed E-state index contributed by atoms with van der Waals surface area (Å²) in [4.78, 5) is 13.7. The van der Waals surface area contributed by atoms with Crippen LogP contribution in [0.15, 0.2) is 0 Å². The fourth-order valence-electron chi connectivity index (χ4n) is 1.51. The molecule has 1 unspecified atom stereocenters. The zero-order chi connectivity index (χ0) is 11.7. The van der Waals surface area contributed by atoms with Gasteiger partial charge in [0.1, 0.15) is 0 Å². The molecule has 0 aromatic heterocycles. The van der Waals surface area contributed by atoms with Gasteiger partial charge in [-0.25, -0.2) is 0 Å². The van der Waals surface area contributed by atoms with E-state index in [2.05, 4.69) is 5.92 Å². The van der Waals surface area contributed by atoms with Crippen molar-refractivity contribution in [3.63, 3.8) is 0 Å². The normalized spacial score (nSPS) is 11.9. The van der Waals surface area contributed by atoms with Gasteiger partial charge in [-0.3, -0.25) is 4.79 Å². The van der Waals surface area contributed by atoms with Crippen LogP contribution in [0.2, 0.25) is 0 Å². The first-order valence-corrected chi connectivity index (χ1v) is 5.59. The van der Waals surface area contributed by atoms with Crippen LogP contribution in [-0.4, -0.2) is 30.4 Å². The highest BCUT2D eigenvalue weighted by Gasteiger charge is 2.18. The van der Waals surface area contributed by atoms with Crippen molar-refractivity contribution in [1.29, 1.82) is 0 Å². The quantitative estimate of drug-likeness (QED) is 0.642. The van der Waals surface area contributed by atoms with E-state index in [0.717, 1.165) is 25.8 Å². The Bertz CT molecular complexity index is 220. The third kappa shape index (κ3) is 5.44. The van der Waals surface area contributed by atoms with E-state index in [0.29, 0.717) is 13.1 Å². The van der Waals surface area contributed by atoms with Crippen LogP contribution >= 0.6 is 0 Å². The summed E-state index contributed by atoms with van der Waals surface area (Å²) in [6, 6.07) is 0. The SMILES string of the molecule is C#CCN(CCC)C(=O)C(C)CCCN. The Kier molecular flexibility index (Phi) is 7.75. The van der Waals surface area contributed by atoms with Gasteiger partial charge in [-0.05, 0) is 25.8 Å². The van der Waals surface area contributed by atoms with E-state index in [1.807, 2.05) is 13.8 Å². The van der Waals surface area contributed by atoms with E-state index in [9.17, 15) is 4.79 Å². The molecule has 0 aliphatic rings. The molecule has 0 fully saturated rings. The molecule has 3 heteroatoms. The molecule has 0 heterocycles. The maximum Gasteiger partial charge on any atom is 0.226 e. The maximum absolute atomic E-state index is 11.9. The van der Waals surface area contributed by atoms with Crippen molar-refractivity contribution in [3.8, 4) is 12.3 Å². The van der Waals surface area contributed by atoms with Crippen LogP contribution in [0.25, 0.3) is 0 Å². The largest absolute Gasteiger partial charge is 0.331 e. The van der Waals surface area contributed by atoms with Crippen molar-refractivity contribution < 1.29 is 4.79 Å². The first-order valence-electron chi connectivity index (χ1n) is 5.59. The third-order valence-electron chi connectivity index (χ3n) is 2.35. The van der Waals surface area contributed by atoms with Crippen molar-refractivity contribution in [1.82, 2.24) is 4.90 Å². The standard InChI is InChI=1S/C12H22N2O/c1-4-9-14(10-5-2)12(15)11(3)7-6-8-13/h1,11H,5-10,13H2,2-3H3. The first kappa shape index (κ1) is 14.0. The van der Waals surface area contributed by atoms with E-state index in [1.165, 1.54) is 0 Å². The van der Waals surface area contributed by atoms with Crippen LogP contribution in [0, 0.1) is 18.3 Å². The highest BCUT2D eigenvalue weighted by atomic mass is 16.2. The number of carbonyl (C=O) groups excluding carboxylic acids is 1. The summed E-state index contributed by atoms with van der Waals surface area (Å²) in [5.41, 5.74) is 5.41. The second-order valence-electron chi connectivity index (χ2n) is 3.80. The van der Waals surface area contributed by atoms with E-state index in [1.54, 1.807) is 4.90 Å². The average Bonchev–Trinajstić information content (AvgIpc) is 2.24. The van der Waals surface area contributed by atoms with Gasteiger partial charge in [-0.2, -0.15) is 0 Å². The molecule has 0 saturated carbocycles. The number of nitrogens with two attached hydrogens (primary N) is 1. The number of carbonyl (C=O) groups is 1. The third-order valence-corrected chi connectivity index (χ3v) is 2.35. The topological polar surface area (TPSA) is 46.3 Å². The minimum atomic E-state index is 0.0356. The van der Waals surface area contributed by atoms with E-state index in [4.69, 9.17) is 12.2 Å². The van der Waals surface area contributed by atoms with Gasteiger partial charge in [0, 0.05) is 12.5 Å². The summed E-state index contributed by atoms with van der Waals surface area (Å²) >= 11 is 0. The summed E-state index contributed by atoms with van der Waals surface area (Å²) in [6.45, 7) is 5.79. The van der Waals surface area contributed by atoms with Gasteiger partial charge in [0.25, 0.3) is 0 Å². The second-order valence-corrected chi connectivity index (χ2v) is 3.80. The van der Waals surface area contributed by atoms with Crippen LogP contribution in [0.3, 0.4) is 0 Å². The second kappa shape index (κ2) is 8.31. The molecular weight excluding hydrogens is 188 g/mol. The molecule has 0 aromatic carbocycles. The monoisotopic (exact) mass is 210 g/mol. The molecule has 1 amide bonds. The van der Waals surface area contributed by atoms with Crippen LogP contribution < -0.4 is 5.73 Å². The molecule has 86 valence electrons. The number of terminal acetylenes is 1. The summed E-state index contributed by atoms with van der Waals surface area (Å²) in [5.74, 6) is 2.72. The first-order chi connectivity index (χ1) is 7.17. The molecule has 0 radical (unpaired) electrons. The summed E-state index contributed by atoms with van der Waals surface area (Å²) < 4.78 is 0. The Balaban J connectivity index is 4.16. The van der Waals surface area contributed by atoms with E-state index >= 15 is 0 Å². The van der Waals surface area contributed by atoms with Crippen molar-refractivity contribution in [3.05, 3.63) is 0 Å². The van der Waals surface area contributed by atoms with Gasteiger partial charge in [-0.1, -0.05) is 19.8 Å². The number of hydrogen-bond acceptors (Lipinski definition) is 2. The molecule has 0 rings (SSSR count). The van der Waals surface area contributed by atoms with E-state index in [-0.39, 0.29) is 11.8 Å². The fraction of sp³-hybridized carbons (Fsp3) is 0.750. The molecule has 3 nitrogen and oxygen atoms in total. The van der Waals surface area contributed by atoms with Crippen molar-refractivity contribution in [2.45, 2.75) is 33.1 Å². The van der Waals surface area contributed by atoms with Gasteiger partial charge < -0.3 is 10.6 Å². The highest BCUT2D eigenvalue weighted by Crippen LogP contribution is 2.09. The predicted octanol–water partition coefficient (Wildman–Crippen LogP) is 1.23. The van der Waals surface area contributed by atoms with Gasteiger partial charge >= 0.3 is 0 Å². The molecular formula is C12H22N2O. The van der Waals surface area contributed by atoms with Gasteiger partial charge in [0.05, 0.1) is 6.54 Å². The van der Waals surface area contributed by atoms with Gasteiger partial charge in [-0.15, -0.1) is 6.42 Å². The minimum absolute atomic E-state index is 0.0356. The predicted molar refractivity (Wildman–Crippen MR) is 63.2 cm³/mol. The van der Waals surface area contributed by atoms with Gasteiger partial charge in [0.15, 0.2) is 0 Å². The zero-order valence-electron chi connectivity index (χ0n) is 9.83. The Morgan fingerprint density at radius 3 is 2.73 bits per heavy atom. The van der Waals surface area contributed by atoms with E-state index < -0.39 is 0 Å². The summed E-state index contributed by atoms with van der Waals surface area (Å²) in [5, 5.41) is 0. The van der Waals surface area contributed by atoms with Gasteiger partial charge in [0.2, 0.25) is 5.91 Å². The molecule has 0 bridgehead atoms. The van der Waals surface area contributed by atoms with Crippen molar-refractivity contribution in [2.24, 2.45) is 11.7 Å². The molecule has 2 N–H and O–H groups in total. The molecule has 0 aromatic rings. The van der Waals surface area contributed by atoms with Crippen molar-refractivity contribution in [2.75, 3.05) is 19.6 Å². The summed E-state index contributed by atoms with van der Waals surface area (Å²) in [7, 11) is 0. The van der Waals surface area contributed by atoms with Crippen LogP contribution in [0.1, 0.15) is 33.1 Å². The smallest absolute Gasteiger partial charge is 0.226 e. The average molecular weight is 210 g/mol. The maximum atomic E-state index is 11.9. The minimum Gasteiger partial charge on any atom is -0.331 e. The van der Waals surface area contributed by atoms with Crippen molar-refractivity contribution >= 4 is 5.91 Å². The lowest BCUT2D eigenvalue weighted by Crippen LogP contribution is -2.36. The molecule has 0 spiro atoms. The molecule has 15 heavy (non-hydrogen) atoms. The summed E-state index contributed by atoms with van der Waals surface area (Å²) in [6.07, 6.45) is 7.91. The Morgan fingerprint density at radius 1 is 1.60 bits per heavy atom. The lowest BCUT2D eigenvalue weighted by atomic mass is 10.0. The number of nitrogens with zero attached hydrogens (tertiary/aromatic N) is 1. The lowest BCUT2D eigenvalue weighted by Gasteiger charge is -2.23. The molecule has 1 atom stereocenters. The molecule has 0 aliphatic carbocycles. The number of rotatable bonds is 7. The highest BCUT2D eigenvalue weighted by molar-refractivity contribution is 5.78. The Morgan fingerprint density at radius 2 is 2.27 bits per heavy atom. The lowest BCUT2D eigenvalue weighted by molar-refractivity contribution is -0.134. The zero-order valence-corrected chi connectivity index (χ0v) is 9.83. The Labute approximate surface area is 93.0 Å². The molecule has 0 aliphatic heterocycles. The number of hydrogen-bond donors (Lipinski definition) is 1. The Hall–Kier alpha value is -1.01. The van der Waals surface area contributed by atoms with Crippen LogP contribution in [0.5, 0.6) is 0 Å². The van der Waals surface area contributed by atoms with Crippen LogP contribution in [0.4, 0.5) is 0 Å². The van der Waals surface area contributed by atoms with Crippen LogP contribution in [-0.2, 0) is 4.79 Å².